The minimum Gasteiger partial charge on any atom is -0.491 e. The summed E-state index contributed by atoms with van der Waals surface area (Å²) in [6, 6.07) is 10.0. The van der Waals surface area contributed by atoms with Gasteiger partial charge >= 0.3 is 0 Å². The zero-order valence-electron chi connectivity index (χ0n) is 13.1. The summed E-state index contributed by atoms with van der Waals surface area (Å²) in [7, 11) is 0. The molecule has 0 aromatic heterocycles. The van der Waals surface area contributed by atoms with Crippen LogP contribution in [0.1, 0.15) is 38.2 Å². The minimum absolute atomic E-state index is 0.0781. The molecule has 1 aliphatic rings. The molecule has 0 saturated heterocycles. The van der Waals surface area contributed by atoms with Crippen molar-refractivity contribution in [2.24, 2.45) is 0 Å². The Balaban J connectivity index is 1.92. The fraction of sp³-hybridized carbons (Fsp3) is 0.368. The van der Waals surface area contributed by atoms with E-state index in [4.69, 9.17) is 4.74 Å². The van der Waals surface area contributed by atoms with Crippen molar-refractivity contribution in [2.75, 3.05) is 6.61 Å². The maximum atomic E-state index is 14.2. The molecule has 0 atom stereocenters. The number of hydrogen-bond donors (Lipinski definition) is 1. The van der Waals surface area contributed by atoms with Gasteiger partial charge in [-0.3, -0.25) is 0 Å². The number of aliphatic hydroxyl groups is 1. The fourth-order valence-corrected chi connectivity index (χ4v) is 3.23. The van der Waals surface area contributed by atoms with Crippen molar-refractivity contribution in [2.45, 2.75) is 38.2 Å². The Morgan fingerprint density at radius 3 is 2.26 bits per heavy atom. The van der Waals surface area contributed by atoms with Crippen LogP contribution in [0.5, 0.6) is 5.75 Å². The van der Waals surface area contributed by atoms with Gasteiger partial charge in [0.2, 0.25) is 5.82 Å². The van der Waals surface area contributed by atoms with E-state index in [1.807, 2.05) is 0 Å². The molecule has 1 N–H and O–H groups in total. The second-order valence-electron chi connectivity index (χ2n) is 5.99. The van der Waals surface area contributed by atoms with Gasteiger partial charge in [0.15, 0.2) is 11.6 Å². The molecule has 0 heterocycles. The second-order valence-corrected chi connectivity index (χ2v) is 5.99. The van der Waals surface area contributed by atoms with Crippen LogP contribution < -0.4 is 4.74 Å². The third-order valence-corrected chi connectivity index (χ3v) is 4.51. The monoisotopic (exact) mass is 318 g/mol. The standard InChI is InChI=1S/C19H20F2O2/c1-2-23-16-10-9-15(17(20)18(16)21)13-5-7-14(8-6-13)19(22)11-3-4-12-19/h5-10,22H,2-4,11-12H2,1H3. The van der Waals surface area contributed by atoms with Gasteiger partial charge in [0.05, 0.1) is 12.2 Å². The van der Waals surface area contributed by atoms with E-state index in [9.17, 15) is 13.9 Å². The third kappa shape index (κ3) is 2.95. The van der Waals surface area contributed by atoms with E-state index >= 15 is 0 Å². The summed E-state index contributed by atoms with van der Waals surface area (Å²) in [5, 5.41) is 10.6. The first-order chi connectivity index (χ1) is 11.0. The van der Waals surface area contributed by atoms with E-state index in [1.54, 1.807) is 31.2 Å². The van der Waals surface area contributed by atoms with Gasteiger partial charge in [-0.25, -0.2) is 4.39 Å². The molecule has 0 amide bonds. The van der Waals surface area contributed by atoms with Crippen LogP contribution in [0, 0.1) is 11.6 Å². The first-order valence-electron chi connectivity index (χ1n) is 7.99. The molecule has 1 aliphatic carbocycles. The molecule has 1 saturated carbocycles. The van der Waals surface area contributed by atoms with Crippen LogP contribution in [-0.4, -0.2) is 11.7 Å². The predicted octanol–water partition coefficient (Wildman–Crippen LogP) is 4.79. The lowest BCUT2D eigenvalue weighted by Gasteiger charge is -2.22. The normalized spacial score (nSPS) is 16.5. The summed E-state index contributed by atoms with van der Waals surface area (Å²) < 4.78 is 33.3. The first kappa shape index (κ1) is 15.9. The van der Waals surface area contributed by atoms with Crippen LogP contribution in [0.15, 0.2) is 36.4 Å². The molecule has 3 rings (SSSR count). The molecule has 2 nitrogen and oxygen atoms in total. The van der Waals surface area contributed by atoms with Crippen LogP contribution in [0.2, 0.25) is 0 Å². The molecule has 2 aromatic carbocycles. The van der Waals surface area contributed by atoms with Crippen LogP contribution in [-0.2, 0) is 5.60 Å². The Morgan fingerprint density at radius 1 is 1.00 bits per heavy atom. The lowest BCUT2D eigenvalue weighted by molar-refractivity contribution is 0.0445. The maximum Gasteiger partial charge on any atom is 0.201 e. The highest BCUT2D eigenvalue weighted by Crippen LogP contribution is 2.39. The highest BCUT2D eigenvalue weighted by atomic mass is 19.2. The van der Waals surface area contributed by atoms with Crippen molar-refractivity contribution >= 4 is 0 Å². The average molecular weight is 318 g/mol. The van der Waals surface area contributed by atoms with Gasteiger partial charge in [0.1, 0.15) is 0 Å². The summed E-state index contributed by atoms with van der Waals surface area (Å²) in [6.45, 7) is 2.00. The Morgan fingerprint density at radius 2 is 1.65 bits per heavy atom. The maximum absolute atomic E-state index is 14.2. The Labute approximate surface area is 134 Å². The van der Waals surface area contributed by atoms with Crippen LogP contribution in [0.4, 0.5) is 8.78 Å². The molecule has 0 aliphatic heterocycles. The zero-order chi connectivity index (χ0) is 16.4. The third-order valence-electron chi connectivity index (χ3n) is 4.51. The molecule has 0 bridgehead atoms. The molecule has 0 spiro atoms. The van der Waals surface area contributed by atoms with E-state index in [2.05, 4.69) is 0 Å². The Bertz CT molecular complexity index is 689. The molecule has 4 heteroatoms. The molecular weight excluding hydrogens is 298 g/mol. The molecule has 0 radical (unpaired) electrons. The highest BCUT2D eigenvalue weighted by molar-refractivity contribution is 5.65. The largest absolute Gasteiger partial charge is 0.491 e. The van der Waals surface area contributed by atoms with Gasteiger partial charge in [-0.15, -0.1) is 0 Å². The van der Waals surface area contributed by atoms with Gasteiger partial charge in [-0.2, -0.15) is 4.39 Å². The molecule has 2 aromatic rings. The minimum atomic E-state index is -0.970. The van der Waals surface area contributed by atoms with Crippen LogP contribution in [0.3, 0.4) is 0 Å². The molecule has 122 valence electrons. The Kier molecular flexibility index (Phi) is 4.35. The van der Waals surface area contributed by atoms with Gasteiger partial charge < -0.3 is 9.84 Å². The number of benzene rings is 2. The van der Waals surface area contributed by atoms with Crippen molar-refractivity contribution in [3.63, 3.8) is 0 Å². The summed E-state index contributed by atoms with van der Waals surface area (Å²) >= 11 is 0. The van der Waals surface area contributed by atoms with Crippen molar-refractivity contribution in [1.29, 1.82) is 0 Å². The predicted molar refractivity (Wildman–Crippen MR) is 85.3 cm³/mol. The average Bonchev–Trinajstić information content (AvgIpc) is 3.00. The van der Waals surface area contributed by atoms with Gasteiger partial charge in [0, 0.05) is 5.56 Å². The Hall–Kier alpha value is -1.94. The van der Waals surface area contributed by atoms with Crippen molar-refractivity contribution in [3.05, 3.63) is 53.6 Å². The number of rotatable bonds is 4. The summed E-state index contributed by atoms with van der Waals surface area (Å²) in [5.41, 5.74) is 0.831. The molecular formula is C19H20F2O2. The second kappa shape index (κ2) is 6.28. The van der Waals surface area contributed by atoms with E-state index in [0.717, 1.165) is 31.2 Å². The van der Waals surface area contributed by atoms with Gasteiger partial charge in [-0.1, -0.05) is 37.1 Å². The van der Waals surface area contributed by atoms with Crippen molar-refractivity contribution in [1.82, 2.24) is 0 Å². The zero-order valence-corrected chi connectivity index (χ0v) is 13.1. The van der Waals surface area contributed by atoms with Gasteiger partial charge in [-0.05, 0) is 43.0 Å². The van der Waals surface area contributed by atoms with Crippen molar-refractivity contribution < 1.29 is 18.6 Å². The van der Waals surface area contributed by atoms with Crippen LogP contribution in [0.25, 0.3) is 11.1 Å². The summed E-state index contributed by atoms with van der Waals surface area (Å²) in [6.07, 6.45) is 3.52. The summed E-state index contributed by atoms with van der Waals surface area (Å²) in [5.74, 6) is -1.96. The summed E-state index contributed by atoms with van der Waals surface area (Å²) in [4.78, 5) is 0. The van der Waals surface area contributed by atoms with Crippen molar-refractivity contribution in [3.8, 4) is 16.9 Å². The van der Waals surface area contributed by atoms with Crippen LogP contribution >= 0.6 is 0 Å². The lowest BCUT2D eigenvalue weighted by Crippen LogP contribution is -2.20. The number of ether oxygens (including phenoxy) is 1. The fourth-order valence-electron chi connectivity index (χ4n) is 3.23. The quantitative estimate of drug-likeness (QED) is 0.878. The lowest BCUT2D eigenvalue weighted by atomic mass is 9.91. The molecule has 0 unspecified atom stereocenters. The topological polar surface area (TPSA) is 29.5 Å². The first-order valence-corrected chi connectivity index (χ1v) is 7.99. The van der Waals surface area contributed by atoms with E-state index in [0.29, 0.717) is 5.56 Å². The number of hydrogen-bond acceptors (Lipinski definition) is 2. The van der Waals surface area contributed by atoms with E-state index < -0.39 is 17.2 Å². The smallest absolute Gasteiger partial charge is 0.201 e. The number of halogens is 2. The van der Waals surface area contributed by atoms with E-state index in [1.165, 1.54) is 12.1 Å². The SMILES string of the molecule is CCOc1ccc(-c2ccc(C3(O)CCCC3)cc2)c(F)c1F. The van der Waals surface area contributed by atoms with E-state index in [-0.39, 0.29) is 17.9 Å². The molecule has 1 fully saturated rings. The van der Waals surface area contributed by atoms with Gasteiger partial charge in [0.25, 0.3) is 0 Å². The molecule has 23 heavy (non-hydrogen) atoms. The highest BCUT2D eigenvalue weighted by Gasteiger charge is 2.32.